The van der Waals surface area contributed by atoms with Crippen molar-refractivity contribution in [2.24, 2.45) is 0 Å². The molecule has 1 unspecified atom stereocenters. The normalized spacial score (nSPS) is 20.4. The molecule has 1 aromatic heterocycles. The van der Waals surface area contributed by atoms with Gasteiger partial charge in [0.05, 0.1) is 15.3 Å². The highest BCUT2D eigenvalue weighted by atomic mass is 79.9. The summed E-state index contributed by atoms with van der Waals surface area (Å²) in [5, 5.41) is 3.03. The number of nitrogens with one attached hydrogen (secondary N) is 1. The molecule has 1 N–H and O–H groups in total. The van der Waals surface area contributed by atoms with Gasteiger partial charge in [-0.15, -0.1) is 11.3 Å². The van der Waals surface area contributed by atoms with Gasteiger partial charge in [0, 0.05) is 24.5 Å². The van der Waals surface area contributed by atoms with Crippen LogP contribution in [0.15, 0.2) is 14.7 Å². The first-order chi connectivity index (χ1) is 9.87. The van der Waals surface area contributed by atoms with Crippen LogP contribution in [0.1, 0.15) is 11.8 Å². The highest BCUT2D eigenvalue weighted by molar-refractivity contribution is 9.11. The summed E-state index contributed by atoms with van der Waals surface area (Å²) in [6, 6.07) is 0.765. The number of ether oxygens (including phenoxy) is 1. The van der Waals surface area contributed by atoms with Crippen molar-refractivity contribution in [3.05, 3.63) is 14.7 Å². The van der Waals surface area contributed by atoms with Gasteiger partial charge in [-0.1, -0.05) is 0 Å². The minimum Gasteiger partial charge on any atom is -0.465 e. The number of carbonyl (C=O) groups excluding carboxylic acids is 1. The molecule has 118 valence electrons. The predicted octanol–water partition coefficient (Wildman–Crippen LogP) is 1.34. The zero-order valence-electron chi connectivity index (χ0n) is 11.8. The lowest BCUT2D eigenvalue weighted by Crippen LogP contribution is -2.57. The fraction of sp³-hybridized carbons (Fsp3) is 0.583. The third kappa shape index (κ3) is 3.48. The van der Waals surface area contributed by atoms with Gasteiger partial charge in [-0.25, -0.2) is 8.42 Å². The van der Waals surface area contributed by atoms with Crippen LogP contribution in [0.5, 0.6) is 0 Å². The Morgan fingerprint density at radius 1 is 1.62 bits per heavy atom. The van der Waals surface area contributed by atoms with E-state index in [0.29, 0.717) is 11.4 Å². The number of aryl methyl sites for hydroxylation is 1. The summed E-state index contributed by atoms with van der Waals surface area (Å²) in [6.45, 7) is 4.71. The number of piperazine rings is 1. The van der Waals surface area contributed by atoms with Crippen LogP contribution in [-0.4, -0.2) is 51.0 Å². The largest absolute Gasteiger partial charge is 0.465 e. The van der Waals surface area contributed by atoms with Crippen LogP contribution in [-0.2, 0) is 19.6 Å². The second kappa shape index (κ2) is 6.74. The van der Waals surface area contributed by atoms with Gasteiger partial charge in [-0.05, 0) is 35.8 Å². The fourth-order valence-electron chi connectivity index (χ4n) is 2.23. The standard InChI is InChI=1S/C12H17BrN2O4S2/c1-3-19-12(16)9-7-14-4-5-15(9)21(17,18)10-6-11(13)20-8(10)2/h6,9,14H,3-5,7H2,1-2H3. The average Bonchev–Trinajstić information content (AvgIpc) is 2.79. The Morgan fingerprint density at radius 2 is 2.33 bits per heavy atom. The lowest BCUT2D eigenvalue weighted by molar-refractivity contribution is -0.148. The number of carbonyl (C=O) groups is 1. The number of thiophene rings is 1. The van der Waals surface area contributed by atoms with E-state index in [0.717, 1.165) is 3.79 Å². The molecule has 0 saturated carbocycles. The maximum atomic E-state index is 12.8. The molecule has 1 saturated heterocycles. The molecule has 0 spiro atoms. The Hall–Kier alpha value is -0.480. The second-order valence-corrected chi connectivity index (χ2v) is 9.05. The van der Waals surface area contributed by atoms with Gasteiger partial charge in [0.2, 0.25) is 10.0 Å². The summed E-state index contributed by atoms with van der Waals surface area (Å²) in [7, 11) is -3.71. The minimum absolute atomic E-state index is 0.228. The highest BCUT2D eigenvalue weighted by Crippen LogP contribution is 2.32. The van der Waals surface area contributed by atoms with Crippen LogP contribution in [0.2, 0.25) is 0 Å². The van der Waals surface area contributed by atoms with Gasteiger partial charge in [0.25, 0.3) is 0 Å². The number of hydrogen-bond donors (Lipinski definition) is 1. The van der Waals surface area contributed by atoms with Crippen molar-refractivity contribution in [1.29, 1.82) is 0 Å². The molecule has 1 aliphatic heterocycles. The Labute approximate surface area is 136 Å². The van der Waals surface area contributed by atoms with Gasteiger partial charge < -0.3 is 10.1 Å². The van der Waals surface area contributed by atoms with Crippen molar-refractivity contribution in [3.63, 3.8) is 0 Å². The van der Waals surface area contributed by atoms with Gasteiger partial charge in [0.1, 0.15) is 6.04 Å². The van der Waals surface area contributed by atoms with Crippen molar-refractivity contribution in [2.75, 3.05) is 26.2 Å². The van der Waals surface area contributed by atoms with E-state index in [9.17, 15) is 13.2 Å². The summed E-state index contributed by atoms with van der Waals surface area (Å²) in [4.78, 5) is 12.9. The molecule has 2 heterocycles. The van der Waals surface area contributed by atoms with E-state index in [4.69, 9.17) is 4.74 Å². The quantitative estimate of drug-likeness (QED) is 0.777. The third-order valence-corrected chi connectivity index (χ3v) is 6.90. The summed E-state index contributed by atoms with van der Waals surface area (Å²) < 4.78 is 32.6. The van der Waals surface area contributed by atoms with E-state index >= 15 is 0 Å². The molecule has 0 radical (unpaired) electrons. The molecule has 1 aliphatic rings. The lowest BCUT2D eigenvalue weighted by Gasteiger charge is -2.33. The van der Waals surface area contributed by atoms with E-state index < -0.39 is 22.0 Å². The number of rotatable bonds is 4. The monoisotopic (exact) mass is 396 g/mol. The van der Waals surface area contributed by atoms with Crippen molar-refractivity contribution >= 4 is 43.3 Å². The molecule has 9 heteroatoms. The van der Waals surface area contributed by atoms with E-state index in [2.05, 4.69) is 21.2 Å². The van der Waals surface area contributed by atoms with Crippen molar-refractivity contribution in [3.8, 4) is 0 Å². The maximum Gasteiger partial charge on any atom is 0.325 e. The van der Waals surface area contributed by atoms with Crippen molar-refractivity contribution < 1.29 is 17.9 Å². The number of halogens is 1. The van der Waals surface area contributed by atoms with Gasteiger partial charge in [0.15, 0.2) is 0 Å². The average molecular weight is 397 g/mol. The SMILES string of the molecule is CCOC(=O)C1CNCCN1S(=O)(=O)c1cc(Br)sc1C. The molecule has 21 heavy (non-hydrogen) atoms. The van der Waals surface area contributed by atoms with Crippen LogP contribution < -0.4 is 5.32 Å². The first kappa shape index (κ1) is 16.9. The zero-order chi connectivity index (χ0) is 15.6. The smallest absolute Gasteiger partial charge is 0.325 e. The summed E-state index contributed by atoms with van der Waals surface area (Å²) in [5.74, 6) is -0.514. The molecular weight excluding hydrogens is 380 g/mol. The summed E-state index contributed by atoms with van der Waals surface area (Å²) in [6.07, 6.45) is 0. The Morgan fingerprint density at radius 3 is 2.90 bits per heavy atom. The Kier molecular flexibility index (Phi) is 5.42. The van der Waals surface area contributed by atoms with E-state index in [1.165, 1.54) is 15.6 Å². The van der Waals surface area contributed by atoms with E-state index in [1.54, 1.807) is 19.9 Å². The number of hydrogen-bond acceptors (Lipinski definition) is 6. The zero-order valence-corrected chi connectivity index (χ0v) is 15.0. The molecule has 1 aromatic rings. The van der Waals surface area contributed by atoms with Crippen molar-refractivity contribution in [2.45, 2.75) is 24.8 Å². The molecule has 1 atom stereocenters. The molecule has 0 aromatic carbocycles. The number of nitrogens with zero attached hydrogens (tertiary/aromatic N) is 1. The lowest BCUT2D eigenvalue weighted by atomic mass is 10.2. The Balaban J connectivity index is 2.36. The summed E-state index contributed by atoms with van der Waals surface area (Å²) >= 11 is 4.66. The maximum absolute atomic E-state index is 12.8. The van der Waals surface area contributed by atoms with Gasteiger partial charge in [-0.2, -0.15) is 4.31 Å². The van der Waals surface area contributed by atoms with Gasteiger partial charge >= 0.3 is 5.97 Å². The van der Waals surface area contributed by atoms with E-state index in [1.807, 2.05) is 0 Å². The van der Waals surface area contributed by atoms with Crippen molar-refractivity contribution in [1.82, 2.24) is 9.62 Å². The van der Waals surface area contributed by atoms with Crippen LogP contribution >= 0.6 is 27.3 Å². The molecule has 0 aliphatic carbocycles. The first-order valence-corrected chi connectivity index (χ1v) is 9.58. The molecule has 1 fully saturated rings. The fourth-order valence-corrected chi connectivity index (χ4v) is 6.19. The minimum atomic E-state index is -3.71. The molecule has 0 amide bonds. The number of sulfonamides is 1. The summed E-state index contributed by atoms with van der Waals surface area (Å²) in [5.41, 5.74) is 0. The van der Waals surface area contributed by atoms with Gasteiger partial charge in [-0.3, -0.25) is 4.79 Å². The third-order valence-electron chi connectivity index (χ3n) is 3.18. The highest BCUT2D eigenvalue weighted by Gasteiger charge is 2.39. The molecular formula is C12H17BrN2O4S2. The molecule has 6 nitrogen and oxygen atoms in total. The predicted molar refractivity (Wildman–Crippen MR) is 83.9 cm³/mol. The van der Waals surface area contributed by atoms with Crippen LogP contribution in [0, 0.1) is 6.92 Å². The topological polar surface area (TPSA) is 75.7 Å². The Bertz CT molecular complexity index is 629. The van der Waals surface area contributed by atoms with Crippen LogP contribution in [0.3, 0.4) is 0 Å². The molecule has 2 rings (SSSR count). The van der Waals surface area contributed by atoms with E-state index in [-0.39, 0.29) is 24.6 Å². The van der Waals surface area contributed by atoms with Crippen LogP contribution in [0.25, 0.3) is 0 Å². The first-order valence-electron chi connectivity index (χ1n) is 6.53. The number of esters is 1. The van der Waals surface area contributed by atoms with Crippen LogP contribution in [0.4, 0.5) is 0 Å². The molecule has 0 bridgehead atoms. The second-order valence-electron chi connectivity index (χ2n) is 4.56.